The molecule has 3 heterocycles. The van der Waals surface area contributed by atoms with Gasteiger partial charge in [0.25, 0.3) is 0 Å². The first kappa shape index (κ1) is 18.5. The highest BCUT2D eigenvalue weighted by Gasteiger charge is 2.50. The van der Waals surface area contributed by atoms with Crippen LogP contribution in [0.2, 0.25) is 0 Å². The number of nitrogens with one attached hydrogen (secondary N) is 2. The Morgan fingerprint density at radius 3 is 2.79 bits per heavy atom. The third-order valence-corrected chi connectivity index (χ3v) is 6.24. The topological polar surface area (TPSA) is 60.5 Å². The van der Waals surface area contributed by atoms with Gasteiger partial charge in [0.2, 0.25) is 0 Å². The Labute approximate surface area is 167 Å². The normalized spacial score (nSPS) is 20.6. The van der Waals surface area contributed by atoms with Crippen molar-refractivity contribution in [1.82, 2.24) is 15.2 Å². The molecule has 0 amide bonds. The number of hydrogen-bond donors (Lipinski definition) is 3. The van der Waals surface area contributed by atoms with Crippen molar-refractivity contribution in [3.8, 4) is 5.75 Å². The third-order valence-electron chi connectivity index (χ3n) is 6.24. The van der Waals surface area contributed by atoms with E-state index in [9.17, 15) is 13.9 Å². The van der Waals surface area contributed by atoms with E-state index in [1.54, 1.807) is 7.11 Å². The SMILES string of the molecule is COc1ccc2c3c([nH]c2c1)[C@@H](CO)NCC31CN(Cc2cc(F)ccc2F)C1. The highest BCUT2D eigenvalue weighted by atomic mass is 19.1. The molecule has 7 heteroatoms. The van der Waals surface area contributed by atoms with Crippen LogP contribution in [0.25, 0.3) is 10.9 Å². The van der Waals surface area contributed by atoms with Crippen molar-refractivity contribution < 1.29 is 18.6 Å². The summed E-state index contributed by atoms with van der Waals surface area (Å²) in [6, 6.07) is 9.41. The minimum atomic E-state index is -0.422. The molecule has 1 spiro atoms. The molecule has 5 nitrogen and oxygen atoms in total. The molecular formula is C22H23F2N3O2. The molecule has 2 aromatic carbocycles. The maximum absolute atomic E-state index is 14.0. The van der Waals surface area contributed by atoms with E-state index in [0.717, 1.165) is 48.0 Å². The molecule has 29 heavy (non-hydrogen) atoms. The number of ether oxygens (including phenoxy) is 1. The van der Waals surface area contributed by atoms with Gasteiger partial charge in [-0.3, -0.25) is 4.90 Å². The lowest BCUT2D eigenvalue weighted by molar-refractivity contribution is 0.0440. The van der Waals surface area contributed by atoms with Crippen molar-refractivity contribution in [3.63, 3.8) is 0 Å². The lowest BCUT2D eigenvalue weighted by Crippen LogP contribution is -2.65. The number of fused-ring (bicyclic) bond motifs is 4. The first-order chi connectivity index (χ1) is 14.0. The summed E-state index contributed by atoms with van der Waals surface area (Å²) in [6.45, 7) is 2.58. The minimum Gasteiger partial charge on any atom is -0.497 e. The Kier molecular flexibility index (Phi) is 4.34. The predicted molar refractivity (Wildman–Crippen MR) is 106 cm³/mol. The maximum Gasteiger partial charge on any atom is 0.127 e. The number of halogens is 2. The molecule has 0 aliphatic carbocycles. The van der Waals surface area contributed by atoms with Crippen LogP contribution >= 0.6 is 0 Å². The highest BCUT2D eigenvalue weighted by Crippen LogP contribution is 2.45. The molecule has 2 aliphatic heterocycles. The fourth-order valence-corrected chi connectivity index (χ4v) is 4.92. The van der Waals surface area contributed by atoms with Crippen LogP contribution in [0.4, 0.5) is 8.78 Å². The van der Waals surface area contributed by atoms with Gasteiger partial charge in [0.1, 0.15) is 17.4 Å². The molecule has 0 saturated carbocycles. The average molecular weight is 399 g/mol. The smallest absolute Gasteiger partial charge is 0.127 e. The lowest BCUT2D eigenvalue weighted by atomic mass is 9.69. The molecular weight excluding hydrogens is 376 g/mol. The number of benzene rings is 2. The number of aromatic amines is 1. The molecule has 1 saturated heterocycles. The summed E-state index contributed by atoms with van der Waals surface area (Å²) < 4.78 is 32.9. The second kappa shape index (κ2) is 6.79. The number of aliphatic hydroxyl groups is 1. The van der Waals surface area contributed by atoms with Crippen molar-refractivity contribution >= 4 is 10.9 Å². The van der Waals surface area contributed by atoms with E-state index in [1.807, 2.05) is 12.1 Å². The first-order valence-electron chi connectivity index (χ1n) is 9.73. The van der Waals surface area contributed by atoms with Crippen LogP contribution < -0.4 is 10.1 Å². The highest BCUT2D eigenvalue weighted by molar-refractivity contribution is 5.88. The molecule has 0 bridgehead atoms. The van der Waals surface area contributed by atoms with Gasteiger partial charge in [-0.05, 0) is 35.9 Å². The Bertz CT molecular complexity index is 1080. The number of aliphatic hydroxyl groups excluding tert-OH is 1. The summed E-state index contributed by atoms with van der Waals surface area (Å²) in [4.78, 5) is 5.60. The Balaban J connectivity index is 1.48. The molecule has 1 aromatic heterocycles. The summed E-state index contributed by atoms with van der Waals surface area (Å²) in [7, 11) is 1.64. The van der Waals surface area contributed by atoms with Crippen LogP contribution in [0.15, 0.2) is 36.4 Å². The molecule has 2 aliphatic rings. The maximum atomic E-state index is 14.0. The van der Waals surface area contributed by atoms with Crippen LogP contribution in [0.3, 0.4) is 0 Å². The molecule has 3 aromatic rings. The van der Waals surface area contributed by atoms with E-state index in [-0.39, 0.29) is 23.9 Å². The van der Waals surface area contributed by atoms with Crippen molar-refractivity contribution in [2.24, 2.45) is 0 Å². The molecule has 1 atom stereocenters. The number of aromatic nitrogens is 1. The number of likely N-dealkylation sites (tertiary alicyclic amines) is 1. The molecule has 5 rings (SSSR count). The number of rotatable bonds is 4. The largest absolute Gasteiger partial charge is 0.497 e. The molecule has 3 N–H and O–H groups in total. The monoisotopic (exact) mass is 399 g/mol. The lowest BCUT2D eigenvalue weighted by Gasteiger charge is -2.53. The van der Waals surface area contributed by atoms with E-state index in [4.69, 9.17) is 4.74 Å². The summed E-state index contributed by atoms with van der Waals surface area (Å²) in [5, 5.41) is 14.4. The summed E-state index contributed by atoms with van der Waals surface area (Å²) in [5.41, 5.74) is 3.44. The fourth-order valence-electron chi connectivity index (χ4n) is 4.92. The molecule has 0 radical (unpaired) electrons. The van der Waals surface area contributed by atoms with E-state index >= 15 is 0 Å². The second-order valence-electron chi connectivity index (χ2n) is 8.10. The van der Waals surface area contributed by atoms with Crippen LogP contribution in [0, 0.1) is 11.6 Å². The zero-order chi connectivity index (χ0) is 20.2. The van der Waals surface area contributed by atoms with Crippen LogP contribution in [-0.4, -0.2) is 48.3 Å². The van der Waals surface area contributed by atoms with E-state index in [1.165, 1.54) is 17.7 Å². The van der Waals surface area contributed by atoms with Gasteiger partial charge in [0, 0.05) is 59.8 Å². The van der Waals surface area contributed by atoms with E-state index in [0.29, 0.717) is 12.1 Å². The Morgan fingerprint density at radius 1 is 1.21 bits per heavy atom. The third kappa shape index (κ3) is 2.92. The van der Waals surface area contributed by atoms with Crippen LogP contribution in [0.1, 0.15) is 22.9 Å². The average Bonchev–Trinajstić information content (AvgIpc) is 3.08. The number of hydrogen-bond acceptors (Lipinski definition) is 4. The zero-order valence-corrected chi connectivity index (χ0v) is 16.1. The van der Waals surface area contributed by atoms with Crippen molar-refractivity contribution in [2.75, 3.05) is 33.4 Å². The Morgan fingerprint density at radius 2 is 2.03 bits per heavy atom. The van der Waals surface area contributed by atoms with E-state index in [2.05, 4.69) is 21.3 Å². The zero-order valence-electron chi connectivity index (χ0n) is 16.1. The van der Waals surface area contributed by atoms with Gasteiger partial charge in [-0.25, -0.2) is 8.78 Å². The molecule has 1 fully saturated rings. The van der Waals surface area contributed by atoms with Crippen molar-refractivity contribution in [3.05, 3.63) is 64.9 Å². The molecule has 0 unspecified atom stereocenters. The quantitative estimate of drug-likeness (QED) is 0.632. The summed E-state index contributed by atoms with van der Waals surface area (Å²) in [6.07, 6.45) is 0. The first-order valence-corrected chi connectivity index (χ1v) is 9.73. The van der Waals surface area contributed by atoms with Crippen LogP contribution in [0.5, 0.6) is 5.75 Å². The number of nitrogens with zero attached hydrogens (tertiary/aromatic N) is 1. The van der Waals surface area contributed by atoms with Gasteiger partial charge >= 0.3 is 0 Å². The molecule has 152 valence electrons. The van der Waals surface area contributed by atoms with Gasteiger partial charge in [0.15, 0.2) is 0 Å². The fraction of sp³-hybridized carbons (Fsp3) is 0.364. The Hall–Kier alpha value is -2.48. The van der Waals surface area contributed by atoms with Gasteiger partial charge in [-0.1, -0.05) is 0 Å². The predicted octanol–water partition coefficient (Wildman–Crippen LogP) is 2.84. The van der Waals surface area contributed by atoms with Crippen molar-refractivity contribution in [1.29, 1.82) is 0 Å². The number of methoxy groups -OCH3 is 1. The number of H-pyrrole nitrogens is 1. The van der Waals surface area contributed by atoms with Gasteiger partial charge < -0.3 is 20.1 Å². The van der Waals surface area contributed by atoms with Crippen LogP contribution in [-0.2, 0) is 12.0 Å². The summed E-state index contributed by atoms with van der Waals surface area (Å²) >= 11 is 0. The van der Waals surface area contributed by atoms with Gasteiger partial charge in [-0.15, -0.1) is 0 Å². The van der Waals surface area contributed by atoms with Gasteiger partial charge in [0.05, 0.1) is 19.8 Å². The second-order valence-corrected chi connectivity index (χ2v) is 8.10. The van der Waals surface area contributed by atoms with Gasteiger partial charge in [-0.2, -0.15) is 0 Å². The minimum absolute atomic E-state index is 0.00521. The van der Waals surface area contributed by atoms with Crippen molar-refractivity contribution in [2.45, 2.75) is 18.0 Å². The standard InChI is InChI=1S/C22H23F2N3O2/c1-29-15-3-4-16-18(7-15)26-21-19(9-28)25-10-22(20(16)21)11-27(12-22)8-13-6-14(23)2-5-17(13)24/h2-7,19,25-26,28H,8-12H2,1H3/t19-/m1/s1. The summed E-state index contributed by atoms with van der Waals surface area (Å²) in [5.74, 6) is -0.0283. The van der Waals surface area contributed by atoms with E-state index < -0.39 is 5.82 Å².